The van der Waals surface area contributed by atoms with Gasteiger partial charge < -0.3 is 15.5 Å². The molecule has 3 N–H and O–H groups in total. The van der Waals surface area contributed by atoms with Crippen LogP contribution in [0.1, 0.15) is 22.6 Å². The second-order valence-corrected chi connectivity index (χ2v) is 7.87. The van der Waals surface area contributed by atoms with E-state index >= 15 is 0 Å². The summed E-state index contributed by atoms with van der Waals surface area (Å²) in [6.45, 7) is 1.44. The third-order valence-electron chi connectivity index (χ3n) is 4.21. The van der Waals surface area contributed by atoms with Crippen molar-refractivity contribution in [2.75, 3.05) is 19.3 Å². The number of hydrogen-bond donors (Lipinski definition) is 3. The van der Waals surface area contributed by atoms with E-state index in [-0.39, 0.29) is 22.3 Å². The molecule has 6 heteroatoms. The number of nitrogens with one attached hydrogen (secondary N) is 1. The Hall–Kier alpha value is -2.05. The van der Waals surface area contributed by atoms with Crippen LogP contribution in [0.15, 0.2) is 41.3 Å². The van der Waals surface area contributed by atoms with E-state index in [0.717, 1.165) is 29.5 Å². The van der Waals surface area contributed by atoms with Crippen molar-refractivity contribution in [2.24, 2.45) is 0 Å². The lowest BCUT2D eigenvalue weighted by Crippen LogP contribution is -2.20. The molecule has 1 heterocycles. The monoisotopic (exact) mass is 333 g/mol. The fraction of sp³-hybridized carbons (Fsp3) is 0.294. The molecule has 122 valence electrons. The summed E-state index contributed by atoms with van der Waals surface area (Å²) in [4.78, 5) is -0.0254. The zero-order valence-corrected chi connectivity index (χ0v) is 13.6. The highest BCUT2D eigenvalue weighted by molar-refractivity contribution is 7.90. The van der Waals surface area contributed by atoms with Gasteiger partial charge >= 0.3 is 0 Å². The Kier molecular flexibility index (Phi) is 4.04. The quantitative estimate of drug-likeness (QED) is 0.780. The van der Waals surface area contributed by atoms with Gasteiger partial charge in [-0.05, 0) is 53.9 Å². The van der Waals surface area contributed by atoms with Crippen LogP contribution in [0.3, 0.4) is 0 Å². The Morgan fingerprint density at radius 1 is 1.13 bits per heavy atom. The van der Waals surface area contributed by atoms with E-state index in [4.69, 9.17) is 0 Å². The average molecular weight is 333 g/mol. The molecular formula is C17H19NO4S. The molecular weight excluding hydrogens is 314 g/mol. The lowest BCUT2D eigenvalue weighted by atomic mass is 9.88. The van der Waals surface area contributed by atoms with E-state index in [9.17, 15) is 18.6 Å². The van der Waals surface area contributed by atoms with E-state index in [1.165, 1.54) is 0 Å². The van der Waals surface area contributed by atoms with Gasteiger partial charge in [0.15, 0.2) is 9.84 Å². The van der Waals surface area contributed by atoms with Crippen molar-refractivity contribution >= 4 is 9.84 Å². The van der Waals surface area contributed by atoms with Crippen LogP contribution in [0.2, 0.25) is 0 Å². The van der Waals surface area contributed by atoms with E-state index < -0.39 is 9.84 Å². The lowest BCUT2D eigenvalue weighted by molar-refractivity contribution is 0.457. The molecule has 2 aromatic carbocycles. The fourth-order valence-corrected chi connectivity index (χ4v) is 3.84. The Labute approximate surface area is 135 Å². The predicted octanol–water partition coefficient (Wildman–Crippen LogP) is 1.78. The van der Waals surface area contributed by atoms with Gasteiger partial charge in [-0.15, -0.1) is 0 Å². The van der Waals surface area contributed by atoms with Crippen LogP contribution in [-0.2, 0) is 16.3 Å². The first-order chi connectivity index (χ1) is 10.9. The molecule has 1 aliphatic rings. The molecule has 1 atom stereocenters. The number of phenolic OH excluding ortho intramolecular Hbond substituents is 2. The van der Waals surface area contributed by atoms with Crippen LogP contribution in [0.4, 0.5) is 0 Å². The Bertz CT molecular complexity index is 828. The molecule has 0 saturated carbocycles. The topological polar surface area (TPSA) is 86.6 Å². The largest absolute Gasteiger partial charge is 0.508 e. The van der Waals surface area contributed by atoms with Gasteiger partial charge in [-0.25, -0.2) is 8.42 Å². The summed E-state index contributed by atoms with van der Waals surface area (Å²) in [6, 6.07) is 10.1. The second-order valence-electron chi connectivity index (χ2n) is 5.89. The molecule has 0 amide bonds. The Morgan fingerprint density at radius 3 is 2.48 bits per heavy atom. The summed E-state index contributed by atoms with van der Waals surface area (Å²) in [7, 11) is -3.47. The van der Waals surface area contributed by atoms with Gasteiger partial charge in [-0.3, -0.25) is 0 Å². The molecule has 0 bridgehead atoms. The van der Waals surface area contributed by atoms with Gasteiger partial charge in [0.1, 0.15) is 16.4 Å². The third kappa shape index (κ3) is 3.18. The van der Waals surface area contributed by atoms with Crippen molar-refractivity contribution in [2.45, 2.75) is 17.2 Å². The van der Waals surface area contributed by atoms with Crippen LogP contribution >= 0.6 is 0 Å². The van der Waals surface area contributed by atoms with Crippen LogP contribution in [0.5, 0.6) is 11.5 Å². The summed E-state index contributed by atoms with van der Waals surface area (Å²) in [5.41, 5.74) is 2.85. The van der Waals surface area contributed by atoms with Crippen molar-refractivity contribution in [3.63, 3.8) is 0 Å². The number of rotatable bonds is 2. The minimum Gasteiger partial charge on any atom is -0.508 e. The van der Waals surface area contributed by atoms with Gasteiger partial charge in [0.25, 0.3) is 0 Å². The molecule has 0 aliphatic carbocycles. The van der Waals surface area contributed by atoms with Crippen LogP contribution < -0.4 is 5.32 Å². The maximum Gasteiger partial charge on any atom is 0.179 e. The van der Waals surface area contributed by atoms with E-state index in [0.29, 0.717) is 13.0 Å². The number of aromatic hydroxyl groups is 2. The zero-order valence-electron chi connectivity index (χ0n) is 12.8. The van der Waals surface area contributed by atoms with Gasteiger partial charge in [-0.1, -0.05) is 12.1 Å². The molecule has 3 rings (SSSR count). The van der Waals surface area contributed by atoms with E-state index in [1.54, 1.807) is 24.3 Å². The van der Waals surface area contributed by atoms with Gasteiger partial charge in [-0.2, -0.15) is 0 Å². The summed E-state index contributed by atoms with van der Waals surface area (Å²) in [5, 5.41) is 23.0. The maximum absolute atomic E-state index is 11.8. The molecule has 5 nitrogen and oxygen atoms in total. The van der Waals surface area contributed by atoms with Crippen LogP contribution in [0.25, 0.3) is 0 Å². The summed E-state index contributed by atoms with van der Waals surface area (Å²) in [5.74, 6) is -0.0182. The van der Waals surface area contributed by atoms with Gasteiger partial charge in [0.05, 0.1) is 0 Å². The molecule has 2 aromatic rings. The molecule has 23 heavy (non-hydrogen) atoms. The normalized spacial score (nSPS) is 18.2. The molecule has 0 radical (unpaired) electrons. The average Bonchev–Trinajstić information content (AvgIpc) is 2.68. The summed E-state index contributed by atoms with van der Waals surface area (Å²) in [6.07, 6.45) is 1.80. The lowest BCUT2D eigenvalue weighted by Gasteiger charge is -2.19. The van der Waals surface area contributed by atoms with Crippen molar-refractivity contribution in [1.82, 2.24) is 5.32 Å². The van der Waals surface area contributed by atoms with E-state index in [1.807, 2.05) is 12.1 Å². The SMILES string of the molecule is CS(=O)(=O)c1cc2c(cc1O)C(c1ccc(O)cc1)CNCC2. The molecule has 0 aromatic heterocycles. The molecule has 0 spiro atoms. The van der Waals surface area contributed by atoms with Crippen LogP contribution in [0, 0.1) is 0 Å². The summed E-state index contributed by atoms with van der Waals surface area (Å²) < 4.78 is 23.6. The smallest absolute Gasteiger partial charge is 0.179 e. The van der Waals surface area contributed by atoms with Gasteiger partial charge in [0.2, 0.25) is 0 Å². The van der Waals surface area contributed by atoms with Crippen LogP contribution in [-0.4, -0.2) is 38.0 Å². The first-order valence-corrected chi connectivity index (χ1v) is 9.31. The molecule has 0 saturated heterocycles. The number of benzene rings is 2. The molecule has 1 unspecified atom stereocenters. The first-order valence-electron chi connectivity index (χ1n) is 7.42. The number of phenols is 2. The first kappa shape index (κ1) is 15.8. The predicted molar refractivity (Wildman–Crippen MR) is 87.7 cm³/mol. The summed E-state index contributed by atoms with van der Waals surface area (Å²) >= 11 is 0. The van der Waals surface area contributed by atoms with Crippen molar-refractivity contribution in [1.29, 1.82) is 0 Å². The minimum atomic E-state index is -3.47. The molecule has 1 aliphatic heterocycles. The fourth-order valence-electron chi connectivity index (χ4n) is 3.05. The van der Waals surface area contributed by atoms with Crippen molar-refractivity contribution in [3.8, 4) is 11.5 Å². The number of hydrogen-bond acceptors (Lipinski definition) is 5. The third-order valence-corrected chi connectivity index (χ3v) is 5.34. The van der Waals surface area contributed by atoms with Crippen molar-refractivity contribution in [3.05, 3.63) is 53.1 Å². The highest BCUT2D eigenvalue weighted by Crippen LogP contribution is 2.35. The highest BCUT2D eigenvalue weighted by Gasteiger charge is 2.24. The highest BCUT2D eigenvalue weighted by atomic mass is 32.2. The van der Waals surface area contributed by atoms with Gasteiger partial charge in [0, 0.05) is 18.7 Å². The van der Waals surface area contributed by atoms with Crippen molar-refractivity contribution < 1.29 is 18.6 Å². The second kappa shape index (κ2) is 5.86. The number of fused-ring (bicyclic) bond motifs is 1. The zero-order chi connectivity index (χ0) is 16.6. The Morgan fingerprint density at radius 2 is 1.83 bits per heavy atom. The van der Waals surface area contributed by atoms with E-state index in [2.05, 4.69) is 5.32 Å². The standard InChI is InChI=1S/C17H19NO4S/c1-23(21,22)17-8-12-6-7-18-10-15(14(12)9-16(17)20)11-2-4-13(19)5-3-11/h2-5,8-9,15,18-20H,6-7,10H2,1H3. The molecule has 0 fully saturated rings. The minimum absolute atomic E-state index is 0.00684. The Balaban J connectivity index is 2.14. The number of sulfone groups is 1. The maximum atomic E-state index is 11.8.